The molecule has 0 bridgehead atoms. The molecule has 2 saturated heterocycles. The number of hydrogen-bond acceptors (Lipinski definition) is 3. The third kappa shape index (κ3) is 3.35. The van der Waals surface area contributed by atoms with E-state index in [9.17, 15) is 13.2 Å². The zero-order valence-electron chi connectivity index (χ0n) is 14.3. The van der Waals surface area contributed by atoms with Crippen LogP contribution in [0, 0.1) is 0 Å². The van der Waals surface area contributed by atoms with Crippen molar-refractivity contribution in [1.29, 1.82) is 0 Å². The third-order valence-electron chi connectivity index (χ3n) is 5.15. The molecule has 2 heterocycles. The fraction of sp³-hybridized carbons (Fsp3) is 0.611. The third-order valence-corrected chi connectivity index (χ3v) is 7.11. The molecule has 0 aromatic heterocycles. The predicted octanol–water partition coefficient (Wildman–Crippen LogP) is 2.88. The van der Waals surface area contributed by atoms with Crippen LogP contribution in [0.25, 0.3) is 0 Å². The highest BCUT2D eigenvalue weighted by atomic mass is 32.2. The van der Waals surface area contributed by atoms with Crippen LogP contribution in [0.15, 0.2) is 29.2 Å². The lowest BCUT2D eigenvalue weighted by atomic mass is 10.0. The van der Waals surface area contributed by atoms with Gasteiger partial charge in [-0.05, 0) is 56.4 Å². The summed E-state index contributed by atoms with van der Waals surface area (Å²) in [7, 11) is -3.48. The van der Waals surface area contributed by atoms with Gasteiger partial charge >= 0.3 is 0 Å². The molecule has 2 aliphatic heterocycles. The molecule has 0 spiro atoms. The summed E-state index contributed by atoms with van der Waals surface area (Å²) in [6.07, 6.45) is 5.87. The van der Waals surface area contributed by atoms with Gasteiger partial charge in [-0.15, -0.1) is 0 Å². The molecule has 3 rings (SSSR count). The van der Waals surface area contributed by atoms with Crippen LogP contribution in [-0.4, -0.2) is 49.2 Å². The monoisotopic (exact) mass is 350 g/mol. The first-order valence-corrected chi connectivity index (χ1v) is 10.4. The van der Waals surface area contributed by atoms with Crippen molar-refractivity contribution in [2.45, 2.75) is 56.4 Å². The number of carbonyl (C=O) groups excluding carboxylic acids is 1. The van der Waals surface area contributed by atoms with Crippen LogP contribution in [0.3, 0.4) is 0 Å². The Hall–Kier alpha value is -1.40. The van der Waals surface area contributed by atoms with E-state index in [1.165, 1.54) is 0 Å². The second kappa shape index (κ2) is 7.23. The van der Waals surface area contributed by atoms with Crippen LogP contribution in [0.2, 0.25) is 0 Å². The summed E-state index contributed by atoms with van der Waals surface area (Å²) < 4.78 is 27.5. The Bertz CT molecular complexity index is 679. The summed E-state index contributed by atoms with van der Waals surface area (Å²) in [6.45, 7) is 4.22. The lowest BCUT2D eigenvalue weighted by Gasteiger charge is -2.34. The second-order valence-electron chi connectivity index (χ2n) is 6.70. The summed E-state index contributed by atoms with van der Waals surface area (Å²) >= 11 is 0. The summed E-state index contributed by atoms with van der Waals surface area (Å²) in [6, 6.07) is 6.56. The zero-order chi connectivity index (χ0) is 17.2. The van der Waals surface area contributed by atoms with Gasteiger partial charge in [-0.25, -0.2) is 8.42 Å². The molecule has 6 heteroatoms. The first kappa shape index (κ1) is 17.4. The minimum atomic E-state index is -3.48. The topological polar surface area (TPSA) is 57.7 Å². The molecule has 24 heavy (non-hydrogen) atoms. The Morgan fingerprint density at radius 3 is 2.29 bits per heavy atom. The largest absolute Gasteiger partial charge is 0.339 e. The van der Waals surface area contributed by atoms with Crippen molar-refractivity contribution < 1.29 is 13.2 Å². The maximum Gasteiger partial charge on any atom is 0.253 e. The molecule has 0 aliphatic carbocycles. The Morgan fingerprint density at radius 2 is 1.67 bits per heavy atom. The van der Waals surface area contributed by atoms with Crippen LogP contribution < -0.4 is 0 Å². The van der Waals surface area contributed by atoms with Crippen LogP contribution in [0.5, 0.6) is 0 Å². The van der Waals surface area contributed by atoms with E-state index in [4.69, 9.17) is 0 Å². The van der Waals surface area contributed by atoms with Gasteiger partial charge in [-0.1, -0.05) is 13.3 Å². The smallest absolute Gasteiger partial charge is 0.253 e. The van der Waals surface area contributed by atoms with Gasteiger partial charge in [0, 0.05) is 31.2 Å². The summed E-state index contributed by atoms with van der Waals surface area (Å²) in [5, 5.41) is 0. The van der Waals surface area contributed by atoms with Gasteiger partial charge in [0.2, 0.25) is 10.0 Å². The Balaban J connectivity index is 1.80. The SMILES string of the molecule is CC[C@@H]1CCCCN1S(=O)(=O)c1ccc(C(=O)N2CCCC2)cc1. The fourth-order valence-corrected chi connectivity index (χ4v) is 5.47. The van der Waals surface area contributed by atoms with Gasteiger partial charge in [0.1, 0.15) is 0 Å². The van der Waals surface area contributed by atoms with E-state index in [0.29, 0.717) is 17.0 Å². The fourth-order valence-electron chi connectivity index (χ4n) is 3.71. The van der Waals surface area contributed by atoms with Crippen LogP contribution in [-0.2, 0) is 10.0 Å². The van der Waals surface area contributed by atoms with E-state index in [-0.39, 0.29) is 11.9 Å². The number of benzene rings is 1. The molecule has 0 radical (unpaired) electrons. The first-order chi connectivity index (χ1) is 11.5. The lowest BCUT2D eigenvalue weighted by Crippen LogP contribution is -2.43. The minimum Gasteiger partial charge on any atom is -0.339 e. The number of amides is 1. The van der Waals surface area contributed by atoms with Gasteiger partial charge in [0.05, 0.1) is 4.90 Å². The molecule has 132 valence electrons. The predicted molar refractivity (Wildman–Crippen MR) is 93.4 cm³/mol. The Labute approximate surface area is 144 Å². The summed E-state index contributed by atoms with van der Waals surface area (Å²) in [5.41, 5.74) is 0.571. The summed E-state index contributed by atoms with van der Waals surface area (Å²) in [4.78, 5) is 14.5. The van der Waals surface area contributed by atoms with Gasteiger partial charge in [-0.3, -0.25) is 4.79 Å². The highest BCUT2D eigenvalue weighted by Crippen LogP contribution is 2.27. The molecule has 1 aromatic carbocycles. The quantitative estimate of drug-likeness (QED) is 0.839. The molecule has 2 aliphatic rings. The number of sulfonamides is 1. The van der Waals surface area contributed by atoms with E-state index in [0.717, 1.165) is 51.6 Å². The number of rotatable bonds is 4. The van der Waals surface area contributed by atoms with E-state index < -0.39 is 10.0 Å². The minimum absolute atomic E-state index is 0.000792. The van der Waals surface area contributed by atoms with E-state index in [1.807, 2.05) is 11.8 Å². The van der Waals surface area contributed by atoms with Crippen LogP contribution in [0.4, 0.5) is 0 Å². The normalized spacial score (nSPS) is 22.7. The van der Waals surface area contributed by atoms with E-state index >= 15 is 0 Å². The van der Waals surface area contributed by atoms with Crippen molar-refractivity contribution in [3.05, 3.63) is 29.8 Å². The molecule has 1 aromatic rings. The standard InChI is InChI=1S/C18H26N2O3S/c1-2-16-7-3-4-14-20(16)24(22,23)17-10-8-15(9-11-17)18(21)19-12-5-6-13-19/h8-11,16H,2-7,12-14H2,1H3/t16-/m1/s1. The average molecular weight is 350 g/mol. The molecular formula is C18H26N2O3S. The van der Waals surface area contributed by atoms with Crippen molar-refractivity contribution in [1.82, 2.24) is 9.21 Å². The van der Waals surface area contributed by atoms with Crippen LogP contribution >= 0.6 is 0 Å². The number of piperidine rings is 1. The average Bonchev–Trinajstić information content (AvgIpc) is 3.15. The maximum absolute atomic E-state index is 12.9. The van der Waals surface area contributed by atoms with E-state index in [1.54, 1.807) is 28.6 Å². The molecule has 0 unspecified atom stereocenters. The molecule has 0 N–H and O–H groups in total. The number of carbonyl (C=O) groups is 1. The van der Waals surface area contributed by atoms with Gasteiger partial charge < -0.3 is 4.90 Å². The second-order valence-corrected chi connectivity index (χ2v) is 8.59. The molecule has 0 saturated carbocycles. The number of hydrogen-bond donors (Lipinski definition) is 0. The van der Waals surface area contributed by atoms with Crippen LogP contribution in [0.1, 0.15) is 55.8 Å². The maximum atomic E-state index is 12.9. The van der Waals surface area contributed by atoms with Crippen molar-refractivity contribution in [2.75, 3.05) is 19.6 Å². The lowest BCUT2D eigenvalue weighted by molar-refractivity contribution is 0.0792. The molecule has 5 nitrogen and oxygen atoms in total. The zero-order valence-corrected chi connectivity index (χ0v) is 15.1. The van der Waals surface area contributed by atoms with Crippen molar-refractivity contribution in [2.24, 2.45) is 0 Å². The first-order valence-electron chi connectivity index (χ1n) is 8.95. The number of likely N-dealkylation sites (tertiary alicyclic amines) is 1. The van der Waals surface area contributed by atoms with Gasteiger partial charge in [0.15, 0.2) is 0 Å². The van der Waals surface area contributed by atoms with Crippen molar-refractivity contribution in [3.8, 4) is 0 Å². The number of nitrogens with zero attached hydrogens (tertiary/aromatic N) is 2. The highest BCUT2D eigenvalue weighted by molar-refractivity contribution is 7.89. The van der Waals surface area contributed by atoms with Gasteiger partial charge in [0.25, 0.3) is 5.91 Å². The van der Waals surface area contributed by atoms with Crippen molar-refractivity contribution in [3.63, 3.8) is 0 Å². The highest BCUT2D eigenvalue weighted by Gasteiger charge is 2.32. The van der Waals surface area contributed by atoms with Gasteiger partial charge in [-0.2, -0.15) is 4.31 Å². The Kier molecular flexibility index (Phi) is 5.25. The molecule has 1 amide bonds. The van der Waals surface area contributed by atoms with E-state index in [2.05, 4.69) is 0 Å². The molecule has 1 atom stereocenters. The molecule has 2 fully saturated rings. The molecular weight excluding hydrogens is 324 g/mol. The summed E-state index contributed by atoms with van der Waals surface area (Å²) in [5.74, 6) is 0.000792. The van der Waals surface area contributed by atoms with Crippen molar-refractivity contribution >= 4 is 15.9 Å². The Morgan fingerprint density at radius 1 is 1.04 bits per heavy atom.